The van der Waals surface area contributed by atoms with Gasteiger partial charge in [0.25, 0.3) is 0 Å². The first-order chi connectivity index (χ1) is 3.79. The topological polar surface area (TPSA) is 20.2 Å². The number of aryl methyl sites for hydroxylation is 1. The molecule has 0 atom stereocenters. The van der Waals surface area contributed by atoms with Gasteiger partial charge in [0.15, 0.2) is 0 Å². The van der Waals surface area contributed by atoms with Gasteiger partial charge in [-0.05, 0) is 19.1 Å². The molecule has 1 rings (SSSR count). The molecule has 1 aromatic rings. The first-order valence-corrected chi connectivity index (χ1v) is 2.54. The molecule has 0 aliphatic rings. The van der Waals surface area contributed by atoms with Gasteiger partial charge in [-0.1, -0.05) is 17.7 Å². The van der Waals surface area contributed by atoms with Crippen LogP contribution in [0.4, 0.5) is 0 Å². The van der Waals surface area contributed by atoms with Crippen LogP contribution in [-0.4, -0.2) is 5.11 Å². The number of phenolic OH excluding ortho intramolecular Hbond substituents is 1. The standard InChI is InChI=1S/C7H8O.La/c1-6-2-4-7(8)5-3-6;/h2-5,8H,1H3;. The van der Waals surface area contributed by atoms with E-state index in [0.29, 0.717) is 5.75 Å². The second-order valence-corrected chi connectivity index (χ2v) is 1.84. The number of rotatable bonds is 0. The average Bonchev–Trinajstić information content (AvgIpc) is 1.77. The van der Waals surface area contributed by atoms with Crippen LogP contribution in [-0.2, 0) is 0 Å². The Morgan fingerprint density at radius 1 is 1.11 bits per heavy atom. The molecule has 9 heavy (non-hydrogen) atoms. The minimum Gasteiger partial charge on any atom is -0.508 e. The smallest absolute Gasteiger partial charge is 0.115 e. The normalized spacial score (nSPS) is 8.11. The fourth-order valence-corrected chi connectivity index (χ4v) is 0.545. The first-order valence-electron chi connectivity index (χ1n) is 2.54. The fourth-order valence-electron chi connectivity index (χ4n) is 0.545. The summed E-state index contributed by atoms with van der Waals surface area (Å²) < 4.78 is 0. The zero-order valence-electron chi connectivity index (χ0n) is 5.33. The molecule has 1 nitrogen and oxygen atoms in total. The Kier molecular flexibility index (Phi) is 4.20. The molecule has 2 heteroatoms. The van der Waals surface area contributed by atoms with Crippen LogP contribution in [0.3, 0.4) is 0 Å². The van der Waals surface area contributed by atoms with E-state index < -0.39 is 0 Å². The van der Waals surface area contributed by atoms with Crippen molar-refractivity contribution in [3.05, 3.63) is 29.8 Å². The minimum absolute atomic E-state index is 0. The van der Waals surface area contributed by atoms with E-state index in [1.54, 1.807) is 12.1 Å². The molecule has 0 saturated carbocycles. The van der Waals surface area contributed by atoms with Crippen molar-refractivity contribution >= 4 is 0 Å². The third-order valence-corrected chi connectivity index (χ3v) is 1.03. The largest absolute Gasteiger partial charge is 0.508 e. The van der Waals surface area contributed by atoms with Crippen molar-refractivity contribution < 1.29 is 40.7 Å². The summed E-state index contributed by atoms with van der Waals surface area (Å²) in [5, 5.41) is 8.76. The van der Waals surface area contributed by atoms with Crippen LogP contribution in [0, 0.1) is 42.5 Å². The number of hydrogen-bond donors (Lipinski definition) is 1. The van der Waals surface area contributed by atoms with E-state index in [9.17, 15) is 0 Å². The SMILES string of the molecule is Cc1ccc(O)cc1.[La]. The van der Waals surface area contributed by atoms with E-state index in [0.717, 1.165) is 0 Å². The summed E-state index contributed by atoms with van der Waals surface area (Å²) in [5.74, 6) is 0.329. The zero-order chi connectivity index (χ0) is 5.98. The Labute approximate surface area is 82.7 Å². The molecule has 1 radical (unpaired) electrons. The molecular formula is C7H8LaO. The van der Waals surface area contributed by atoms with Crippen LogP contribution in [0.2, 0.25) is 0 Å². The maximum Gasteiger partial charge on any atom is 0.115 e. The molecule has 0 fully saturated rings. The van der Waals surface area contributed by atoms with Gasteiger partial charge < -0.3 is 5.11 Å². The second-order valence-electron chi connectivity index (χ2n) is 1.84. The molecule has 0 bridgehead atoms. The Morgan fingerprint density at radius 2 is 1.56 bits per heavy atom. The van der Waals surface area contributed by atoms with Gasteiger partial charge >= 0.3 is 0 Å². The Hall–Kier alpha value is 0.215. The van der Waals surface area contributed by atoms with Crippen molar-refractivity contribution in [2.75, 3.05) is 0 Å². The Bertz CT molecular complexity index is 148. The molecular weight excluding hydrogens is 239 g/mol. The van der Waals surface area contributed by atoms with Crippen molar-refractivity contribution in [3.63, 3.8) is 0 Å². The molecule has 0 saturated heterocycles. The number of aromatic hydroxyl groups is 1. The van der Waals surface area contributed by atoms with Gasteiger partial charge in [-0.3, -0.25) is 0 Å². The van der Waals surface area contributed by atoms with Gasteiger partial charge in [-0.2, -0.15) is 0 Å². The molecule has 0 unspecified atom stereocenters. The van der Waals surface area contributed by atoms with Gasteiger partial charge in [0.05, 0.1) is 0 Å². The van der Waals surface area contributed by atoms with Crippen molar-refractivity contribution in [1.29, 1.82) is 0 Å². The molecule has 0 amide bonds. The summed E-state index contributed by atoms with van der Waals surface area (Å²) >= 11 is 0. The van der Waals surface area contributed by atoms with Gasteiger partial charge in [0.1, 0.15) is 5.75 Å². The van der Waals surface area contributed by atoms with Crippen LogP contribution in [0.15, 0.2) is 24.3 Å². The maximum absolute atomic E-state index is 8.76. The van der Waals surface area contributed by atoms with E-state index >= 15 is 0 Å². The quantitative estimate of drug-likeness (QED) is 0.739. The van der Waals surface area contributed by atoms with Crippen molar-refractivity contribution in [2.45, 2.75) is 6.92 Å². The molecule has 0 heterocycles. The molecule has 0 spiro atoms. The fraction of sp³-hybridized carbons (Fsp3) is 0.143. The second kappa shape index (κ2) is 4.10. The average molecular weight is 247 g/mol. The molecule has 1 aromatic carbocycles. The van der Waals surface area contributed by atoms with Crippen LogP contribution < -0.4 is 0 Å². The summed E-state index contributed by atoms with van der Waals surface area (Å²) in [4.78, 5) is 0. The van der Waals surface area contributed by atoms with E-state index in [2.05, 4.69) is 0 Å². The van der Waals surface area contributed by atoms with Gasteiger partial charge in [0.2, 0.25) is 0 Å². The van der Waals surface area contributed by atoms with Crippen LogP contribution in [0.5, 0.6) is 5.75 Å². The van der Waals surface area contributed by atoms with Crippen LogP contribution >= 0.6 is 0 Å². The minimum atomic E-state index is 0. The predicted octanol–water partition coefficient (Wildman–Crippen LogP) is 1.70. The first kappa shape index (κ1) is 9.21. The summed E-state index contributed by atoms with van der Waals surface area (Å²) in [6.45, 7) is 1.99. The van der Waals surface area contributed by atoms with Gasteiger partial charge in [-0.15, -0.1) is 0 Å². The van der Waals surface area contributed by atoms with Gasteiger partial charge in [0, 0.05) is 35.6 Å². The van der Waals surface area contributed by atoms with Crippen LogP contribution in [0.25, 0.3) is 0 Å². The third kappa shape index (κ3) is 3.04. The van der Waals surface area contributed by atoms with E-state index in [1.165, 1.54) is 5.56 Å². The van der Waals surface area contributed by atoms with E-state index in [-0.39, 0.29) is 35.6 Å². The number of hydrogen-bond acceptors (Lipinski definition) is 1. The molecule has 1 N–H and O–H groups in total. The Morgan fingerprint density at radius 3 is 1.89 bits per heavy atom. The number of benzene rings is 1. The van der Waals surface area contributed by atoms with Crippen molar-refractivity contribution in [1.82, 2.24) is 0 Å². The predicted molar refractivity (Wildman–Crippen MR) is 32.8 cm³/mol. The van der Waals surface area contributed by atoms with Crippen molar-refractivity contribution in [3.8, 4) is 5.75 Å². The molecule has 0 aromatic heterocycles. The maximum atomic E-state index is 8.76. The van der Waals surface area contributed by atoms with E-state index in [4.69, 9.17) is 5.11 Å². The summed E-state index contributed by atoms with van der Waals surface area (Å²) in [5.41, 5.74) is 1.17. The summed E-state index contributed by atoms with van der Waals surface area (Å²) in [6.07, 6.45) is 0. The van der Waals surface area contributed by atoms with Crippen LogP contribution in [0.1, 0.15) is 5.56 Å². The molecule has 0 aliphatic heterocycles. The molecule has 45 valence electrons. The number of phenols is 1. The monoisotopic (exact) mass is 247 g/mol. The molecule has 0 aliphatic carbocycles. The zero-order valence-corrected chi connectivity index (χ0v) is 8.96. The Balaban J connectivity index is 0.000000640. The summed E-state index contributed by atoms with van der Waals surface area (Å²) in [7, 11) is 0. The van der Waals surface area contributed by atoms with Crippen molar-refractivity contribution in [2.24, 2.45) is 0 Å². The summed E-state index contributed by atoms with van der Waals surface area (Å²) in [6, 6.07) is 7.09. The van der Waals surface area contributed by atoms with Gasteiger partial charge in [-0.25, -0.2) is 0 Å². The third-order valence-electron chi connectivity index (χ3n) is 1.03. The van der Waals surface area contributed by atoms with E-state index in [1.807, 2.05) is 19.1 Å².